The number of carbonyl (C=O) groups excluding carboxylic acids is 3. The molecular weight excluding hydrogens is 835 g/mol. The van der Waals surface area contributed by atoms with Crippen molar-refractivity contribution in [1.82, 2.24) is 10.2 Å². The van der Waals surface area contributed by atoms with Crippen molar-refractivity contribution in [2.75, 3.05) is 25.5 Å². The molecule has 7 rings (SSSR count). The summed E-state index contributed by atoms with van der Waals surface area (Å²) in [5.74, 6) is -8.01. The van der Waals surface area contributed by atoms with Crippen molar-refractivity contribution < 1.29 is 58.9 Å². The standard InChI is InChI=1S/C50H65N3O12/c1-26-14-13-15-27(2)49(61)52-40-35(24-51-34-18-21-53(22-19-34)25-33-16-11-10-12-17-33)44(58)37-38(45(40)59)43(57)31(6)47-39(37)48(60)50(8,65-47)63-23-20-36(62-9)28(3)46(64-32(7)54)30(5)42(56)29(4)41(26)55/h10-17,20,23,26,28-30,34,36,41-42,46,51,55-59H,18-19,21-22,24-25H2,1-9H3,(H,52,61)/b14-13+,23-20+,27-15-/t26-,28+,29+,30+,36-,41-,42+,46+,50-/m0/s1. The quantitative estimate of drug-likeness (QED) is 0.0765. The molecule has 9 atom stereocenters. The first kappa shape index (κ1) is 49.0. The number of phenolic OH excluding ortho intramolecular Hbond substituents is 3. The van der Waals surface area contributed by atoms with Crippen molar-refractivity contribution in [3.63, 3.8) is 0 Å². The second-order valence-electron chi connectivity index (χ2n) is 18.1. The Morgan fingerprint density at radius 1 is 0.923 bits per heavy atom. The number of anilines is 1. The highest BCUT2D eigenvalue weighted by atomic mass is 16.7. The number of hydrogen-bond acceptors (Lipinski definition) is 14. The minimum Gasteiger partial charge on any atom is -0.507 e. The van der Waals surface area contributed by atoms with Crippen LogP contribution in [0.4, 0.5) is 5.69 Å². The highest BCUT2D eigenvalue weighted by Gasteiger charge is 2.50. The third-order valence-corrected chi connectivity index (χ3v) is 13.5. The SMILES string of the molecule is CO[C@H]1/C=C/O[C@@]2(C)Oc3c(C)c(O)c4c(O)c(c(CNC5CCN(Cc6ccccc6)CC5)c(O)c4c3C2=O)NC(=O)/C(C)=C\C=C\[C@H](C)[C@H](O)[C@@H](C)[C@@H](O)[C@@H](C)[C@H](OC(C)=O)[C@@H]1C. The lowest BCUT2D eigenvalue weighted by Crippen LogP contribution is -2.46. The normalized spacial score (nSPS) is 30.3. The van der Waals surface area contributed by atoms with E-state index < -0.39 is 88.8 Å². The molecular formula is C50H65N3O12. The van der Waals surface area contributed by atoms with Crippen LogP contribution in [0, 0.1) is 30.6 Å². The average molecular weight is 900 g/mol. The van der Waals surface area contributed by atoms with Crippen LogP contribution in [-0.4, -0.2) is 105 Å². The first-order chi connectivity index (χ1) is 30.8. The number of Topliss-reactive ketones (excluding diaryl/α,β-unsaturated/α-hetero) is 1. The van der Waals surface area contributed by atoms with Gasteiger partial charge in [-0.1, -0.05) is 76.3 Å². The van der Waals surface area contributed by atoms with Crippen LogP contribution in [0.3, 0.4) is 0 Å². The van der Waals surface area contributed by atoms with Crippen LogP contribution in [0.1, 0.15) is 88.4 Å². The molecule has 15 heteroatoms. The van der Waals surface area contributed by atoms with E-state index >= 15 is 0 Å². The molecule has 0 radical (unpaired) electrons. The number of benzene rings is 3. The Bertz CT molecular complexity index is 2340. The van der Waals surface area contributed by atoms with Gasteiger partial charge in [0, 0.05) is 85.8 Å². The number of carbonyl (C=O) groups is 3. The van der Waals surface area contributed by atoms with Crippen LogP contribution >= 0.6 is 0 Å². The van der Waals surface area contributed by atoms with Crippen LogP contribution in [0.15, 0.2) is 66.5 Å². The zero-order valence-electron chi connectivity index (χ0n) is 38.8. The Morgan fingerprint density at radius 3 is 2.25 bits per heavy atom. The minimum absolute atomic E-state index is 0.00725. The Morgan fingerprint density at radius 2 is 1.60 bits per heavy atom. The van der Waals surface area contributed by atoms with Crippen molar-refractivity contribution in [2.24, 2.45) is 23.7 Å². The second kappa shape index (κ2) is 20.4. The molecule has 65 heavy (non-hydrogen) atoms. The smallest absolute Gasteiger partial charge is 0.312 e. The molecule has 0 unspecified atom stereocenters. The van der Waals surface area contributed by atoms with Crippen LogP contribution in [0.5, 0.6) is 23.0 Å². The van der Waals surface area contributed by atoms with E-state index in [0.29, 0.717) is 0 Å². The first-order valence-corrected chi connectivity index (χ1v) is 22.4. The third kappa shape index (κ3) is 10.2. The predicted molar refractivity (Wildman–Crippen MR) is 245 cm³/mol. The maximum absolute atomic E-state index is 14.6. The number of esters is 1. The van der Waals surface area contributed by atoms with Gasteiger partial charge in [0.05, 0.1) is 41.2 Å². The first-order valence-electron chi connectivity index (χ1n) is 22.4. The average Bonchev–Trinajstić information content (AvgIpc) is 3.55. The number of likely N-dealkylation sites (tertiary alicyclic amines) is 1. The molecule has 15 nitrogen and oxygen atoms in total. The number of aliphatic hydroxyl groups is 2. The summed E-state index contributed by atoms with van der Waals surface area (Å²) in [6.07, 6.45) is 5.26. The number of rotatable bonds is 7. The third-order valence-electron chi connectivity index (χ3n) is 13.5. The number of nitrogens with one attached hydrogen (secondary N) is 2. The van der Waals surface area contributed by atoms with Gasteiger partial charge in [-0.25, -0.2) is 0 Å². The van der Waals surface area contributed by atoms with Crippen molar-refractivity contribution in [1.29, 1.82) is 0 Å². The van der Waals surface area contributed by atoms with Gasteiger partial charge < -0.3 is 55.1 Å². The highest BCUT2D eigenvalue weighted by molar-refractivity contribution is 6.22. The van der Waals surface area contributed by atoms with E-state index in [2.05, 4.69) is 27.7 Å². The van der Waals surface area contributed by atoms with Crippen molar-refractivity contribution in [2.45, 2.75) is 118 Å². The molecule has 1 amide bonds. The van der Waals surface area contributed by atoms with Crippen LogP contribution in [0.2, 0.25) is 0 Å². The molecule has 4 heterocycles. The maximum Gasteiger partial charge on any atom is 0.312 e. The molecule has 4 aliphatic rings. The number of phenols is 3. The Kier molecular flexibility index (Phi) is 15.4. The lowest BCUT2D eigenvalue weighted by atomic mass is 9.78. The summed E-state index contributed by atoms with van der Waals surface area (Å²) < 4.78 is 23.8. The van der Waals surface area contributed by atoms with Gasteiger partial charge in [-0.2, -0.15) is 0 Å². The van der Waals surface area contributed by atoms with Gasteiger partial charge >= 0.3 is 11.8 Å². The molecule has 0 saturated carbocycles. The topological polar surface area (TPSA) is 217 Å². The minimum atomic E-state index is -2.03. The van der Waals surface area contributed by atoms with E-state index in [-0.39, 0.29) is 57.1 Å². The highest BCUT2D eigenvalue weighted by Crippen LogP contribution is 2.55. The van der Waals surface area contributed by atoms with Gasteiger partial charge in [-0.15, -0.1) is 0 Å². The van der Waals surface area contributed by atoms with E-state index in [1.807, 2.05) is 18.2 Å². The maximum atomic E-state index is 14.6. The fourth-order valence-corrected chi connectivity index (χ4v) is 9.34. The van der Waals surface area contributed by atoms with Crippen LogP contribution in [-0.2, 0) is 36.9 Å². The van der Waals surface area contributed by atoms with Crippen LogP contribution in [0.25, 0.3) is 10.8 Å². The zero-order chi connectivity index (χ0) is 47.5. The fraction of sp³-hybridized carbons (Fsp3) is 0.500. The lowest BCUT2D eigenvalue weighted by molar-refractivity contribution is -0.160. The molecule has 0 aromatic heterocycles. The van der Waals surface area contributed by atoms with Gasteiger partial charge in [0.25, 0.3) is 11.7 Å². The van der Waals surface area contributed by atoms with Gasteiger partial charge in [0.2, 0.25) is 0 Å². The predicted octanol–water partition coefficient (Wildman–Crippen LogP) is 6.51. The molecule has 4 aliphatic heterocycles. The van der Waals surface area contributed by atoms with Crippen LogP contribution < -0.4 is 15.4 Å². The zero-order valence-corrected chi connectivity index (χ0v) is 38.8. The molecule has 1 fully saturated rings. The largest absolute Gasteiger partial charge is 0.507 e. The Hall–Kier alpha value is -5.45. The molecule has 1 saturated heterocycles. The second-order valence-corrected chi connectivity index (χ2v) is 18.1. The van der Waals surface area contributed by atoms with Crippen molar-refractivity contribution in [3.8, 4) is 23.0 Å². The van der Waals surface area contributed by atoms with E-state index in [1.165, 1.54) is 51.9 Å². The number of hydrogen-bond donors (Lipinski definition) is 7. The lowest BCUT2D eigenvalue weighted by Gasteiger charge is -2.38. The van der Waals surface area contributed by atoms with Crippen molar-refractivity contribution in [3.05, 3.63) is 88.7 Å². The number of amides is 1. The Balaban J connectivity index is 1.43. The number of methoxy groups -OCH3 is 1. The van der Waals surface area contributed by atoms with E-state index in [4.69, 9.17) is 18.9 Å². The molecule has 7 N–H and O–H groups in total. The van der Waals surface area contributed by atoms with E-state index in [1.54, 1.807) is 46.8 Å². The van der Waals surface area contributed by atoms with Crippen molar-refractivity contribution >= 4 is 34.1 Å². The summed E-state index contributed by atoms with van der Waals surface area (Å²) in [5.41, 5.74) is 1.29. The monoisotopic (exact) mass is 899 g/mol. The molecule has 0 spiro atoms. The molecule has 352 valence electrons. The number of aliphatic hydroxyl groups excluding tert-OH is 2. The van der Waals surface area contributed by atoms with Gasteiger partial charge in [-0.3, -0.25) is 19.3 Å². The molecule has 3 aromatic carbocycles. The van der Waals surface area contributed by atoms with Gasteiger partial charge in [0.1, 0.15) is 23.4 Å². The number of nitrogens with zero attached hydrogens (tertiary/aromatic N) is 1. The summed E-state index contributed by atoms with van der Waals surface area (Å²) >= 11 is 0. The fourth-order valence-electron chi connectivity index (χ4n) is 9.34. The molecule has 5 bridgehead atoms. The number of fused-ring (bicyclic) bond motifs is 14. The van der Waals surface area contributed by atoms with Gasteiger partial charge in [0.15, 0.2) is 5.75 Å². The number of piperidine rings is 1. The summed E-state index contributed by atoms with van der Waals surface area (Å²) in [6, 6.07) is 10.2. The number of allylic oxidation sites excluding steroid dienone is 2. The summed E-state index contributed by atoms with van der Waals surface area (Å²) in [4.78, 5) is 43.3. The number of aromatic hydroxyl groups is 3. The summed E-state index contributed by atoms with van der Waals surface area (Å²) in [6.45, 7) is 15.1. The van der Waals surface area contributed by atoms with Gasteiger partial charge in [-0.05, 0) is 51.4 Å². The summed E-state index contributed by atoms with van der Waals surface area (Å²) in [5, 5.41) is 64.9. The van der Waals surface area contributed by atoms with E-state index in [9.17, 15) is 39.9 Å². The Labute approximate surface area is 380 Å². The number of ether oxygens (including phenoxy) is 4. The molecule has 3 aromatic rings. The summed E-state index contributed by atoms with van der Waals surface area (Å²) in [7, 11) is 1.45. The van der Waals surface area contributed by atoms with E-state index in [0.717, 1.165) is 32.5 Å². The molecule has 0 aliphatic carbocycles. The number of ketones is 1.